The van der Waals surface area contributed by atoms with Gasteiger partial charge < -0.3 is 14.4 Å². The fourth-order valence-electron chi connectivity index (χ4n) is 2.90. The molecule has 118 valence electrons. The maximum atomic E-state index is 10.4. The molecule has 1 unspecified atom stereocenters. The third-order valence-electron chi connectivity index (χ3n) is 4.15. The van der Waals surface area contributed by atoms with Crippen molar-refractivity contribution in [3.05, 3.63) is 41.3 Å². The number of β-amino-alcohol motifs (C(OH)–C–C–N with tert-alkyl or cyclic N) is 1. The van der Waals surface area contributed by atoms with Gasteiger partial charge in [-0.1, -0.05) is 29.4 Å². The highest BCUT2D eigenvalue weighted by molar-refractivity contribution is 5.67. The minimum atomic E-state index is -0.475. The van der Waals surface area contributed by atoms with Gasteiger partial charge in [0.05, 0.1) is 25.0 Å². The van der Waals surface area contributed by atoms with E-state index in [1.807, 2.05) is 38.1 Å². The zero-order chi connectivity index (χ0) is 15.5. The minimum absolute atomic E-state index is 0.475. The van der Waals surface area contributed by atoms with Crippen LogP contribution in [0.1, 0.15) is 23.1 Å². The highest BCUT2D eigenvalue weighted by atomic mass is 16.5. The predicted octanol–water partition coefficient (Wildman–Crippen LogP) is 2.32. The Morgan fingerprint density at radius 1 is 1.18 bits per heavy atom. The lowest BCUT2D eigenvalue weighted by molar-refractivity contribution is 0.0143. The first-order chi connectivity index (χ1) is 10.6. The molecule has 1 N–H and O–H groups in total. The first-order valence-corrected chi connectivity index (χ1v) is 7.66. The van der Waals surface area contributed by atoms with Crippen molar-refractivity contribution in [2.45, 2.75) is 20.0 Å². The van der Waals surface area contributed by atoms with Crippen LogP contribution in [0.5, 0.6) is 0 Å². The largest absolute Gasteiger partial charge is 0.387 e. The van der Waals surface area contributed by atoms with Crippen LogP contribution in [0, 0.1) is 13.8 Å². The number of aryl methyl sites for hydroxylation is 2. The molecule has 1 aliphatic heterocycles. The lowest BCUT2D eigenvalue weighted by atomic mass is 10.0. The molecule has 0 radical (unpaired) electrons. The number of hydrogen-bond donors (Lipinski definition) is 1. The summed E-state index contributed by atoms with van der Waals surface area (Å²) in [4.78, 5) is 2.23. The molecule has 1 fully saturated rings. The predicted molar refractivity (Wildman–Crippen MR) is 83.6 cm³/mol. The van der Waals surface area contributed by atoms with Gasteiger partial charge in [-0.15, -0.1) is 0 Å². The van der Waals surface area contributed by atoms with E-state index < -0.39 is 6.10 Å². The Morgan fingerprint density at radius 3 is 2.45 bits per heavy atom. The second kappa shape index (κ2) is 6.60. The number of benzene rings is 1. The quantitative estimate of drug-likeness (QED) is 0.939. The van der Waals surface area contributed by atoms with Gasteiger partial charge in [0.1, 0.15) is 5.76 Å². The molecule has 0 amide bonds. The number of rotatable bonds is 4. The van der Waals surface area contributed by atoms with Crippen LogP contribution in [0.4, 0.5) is 0 Å². The molecule has 0 spiro atoms. The van der Waals surface area contributed by atoms with E-state index in [-0.39, 0.29) is 0 Å². The van der Waals surface area contributed by atoms with Crippen LogP contribution in [0.25, 0.3) is 11.1 Å². The van der Waals surface area contributed by atoms with Crippen molar-refractivity contribution < 1.29 is 14.4 Å². The molecule has 0 bridgehead atoms. The molecule has 5 nitrogen and oxygen atoms in total. The van der Waals surface area contributed by atoms with E-state index >= 15 is 0 Å². The summed E-state index contributed by atoms with van der Waals surface area (Å²) in [6.45, 7) is 7.76. The molecule has 1 aromatic carbocycles. The Labute approximate surface area is 130 Å². The van der Waals surface area contributed by atoms with E-state index in [4.69, 9.17) is 9.26 Å². The summed E-state index contributed by atoms with van der Waals surface area (Å²) in [5, 5.41) is 14.4. The molecule has 1 aliphatic rings. The normalized spacial score (nSPS) is 17.6. The SMILES string of the molecule is Cc1noc(C)c1-c1ccc(C(O)CN2CCOCC2)cc1. The van der Waals surface area contributed by atoms with Crippen LogP contribution >= 0.6 is 0 Å². The van der Waals surface area contributed by atoms with E-state index in [0.717, 1.165) is 54.4 Å². The Morgan fingerprint density at radius 2 is 1.86 bits per heavy atom. The summed E-state index contributed by atoms with van der Waals surface area (Å²) in [7, 11) is 0. The molecule has 1 atom stereocenters. The van der Waals surface area contributed by atoms with E-state index in [0.29, 0.717) is 6.54 Å². The summed E-state index contributed by atoms with van der Waals surface area (Å²) in [6, 6.07) is 7.99. The molecular formula is C17H22N2O3. The van der Waals surface area contributed by atoms with Gasteiger partial charge in [0.2, 0.25) is 0 Å². The van der Waals surface area contributed by atoms with Crippen LogP contribution in [-0.4, -0.2) is 48.0 Å². The summed E-state index contributed by atoms with van der Waals surface area (Å²) >= 11 is 0. The number of morpholine rings is 1. The Kier molecular flexibility index (Phi) is 4.57. The van der Waals surface area contributed by atoms with Crippen LogP contribution in [0.15, 0.2) is 28.8 Å². The Bertz CT molecular complexity index is 596. The molecule has 0 aliphatic carbocycles. The second-order valence-electron chi connectivity index (χ2n) is 5.75. The zero-order valence-electron chi connectivity index (χ0n) is 13.1. The first kappa shape index (κ1) is 15.2. The zero-order valence-corrected chi connectivity index (χ0v) is 13.1. The Balaban J connectivity index is 1.71. The third kappa shape index (κ3) is 3.21. The van der Waals surface area contributed by atoms with Gasteiger partial charge >= 0.3 is 0 Å². The van der Waals surface area contributed by atoms with Gasteiger partial charge in [0.15, 0.2) is 0 Å². The number of nitrogens with zero attached hydrogens (tertiary/aromatic N) is 2. The lowest BCUT2D eigenvalue weighted by Crippen LogP contribution is -2.38. The first-order valence-electron chi connectivity index (χ1n) is 7.66. The molecule has 3 rings (SSSR count). The second-order valence-corrected chi connectivity index (χ2v) is 5.75. The van der Waals surface area contributed by atoms with Gasteiger partial charge in [-0.25, -0.2) is 0 Å². The lowest BCUT2D eigenvalue weighted by Gasteiger charge is -2.28. The van der Waals surface area contributed by atoms with Crippen molar-refractivity contribution in [3.8, 4) is 11.1 Å². The highest BCUT2D eigenvalue weighted by Crippen LogP contribution is 2.28. The topological polar surface area (TPSA) is 58.7 Å². The van der Waals surface area contributed by atoms with Gasteiger partial charge in [-0.3, -0.25) is 4.90 Å². The van der Waals surface area contributed by atoms with Crippen molar-refractivity contribution in [3.63, 3.8) is 0 Å². The molecule has 22 heavy (non-hydrogen) atoms. The van der Waals surface area contributed by atoms with Crippen LogP contribution in [-0.2, 0) is 4.74 Å². The molecule has 5 heteroatoms. The molecule has 1 saturated heterocycles. The number of hydrogen-bond acceptors (Lipinski definition) is 5. The van der Waals surface area contributed by atoms with E-state index in [1.165, 1.54) is 0 Å². The van der Waals surface area contributed by atoms with Crippen LogP contribution < -0.4 is 0 Å². The maximum absolute atomic E-state index is 10.4. The monoisotopic (exact) mass is 302 g/mol. The van der Waals surface area contributed by atoms with Crippen molar-refractivity contribution in [2.24, 2.45) is 0 Å². The smallest absolute Gasteiger partial charge is 0.141 e. The fraction of sp³-hybridized carbons (Fsp3) is 0.471. The number of ether oxygens (including phenoxy) is 1. The summed E-state index contributed by atoms with van der Waals surface area (Å²) < 4.78 is 10.5. The average molecular weight is 302 g/mol. The highest BCUT2D eigenvalue weighted by Gasteiger charge is 2.17. The van der Waals surface area contributed by atoms with Crippen molar-refractivity contribution >= 4 is 0 Å². The van der Waals surface area contributed by atoms with Gasteiger partial charge in [-0.05, 0) is 25.0 Å². The van der Waals surface area contributed by atoms with Crippen molar-refractivity contribution in [1.82, 2.24) is 10.1 Å². The summed E-state index contributed by atoms with van der Waals surface area (Å²) in [6.07, 6.45) is -0.475. The third-order valence-corrected chi connectivity index (χ3v) is 4.15. The van der Waals surface area contributed by atoms with E-state index in [2.05, 4.69) is 10.1 Å². The minimum Gasteiger partial charge on any atom is -0.387 e. The molecule has 1 aromatic heterocycles. The standard InChI is InChI=1S/C17H22N2O3/c1-12-17(13(2)22-18-12)15-5-3-14(4-6-15)16(20)11-19-7-9-21-10-8-19/h3-6,16,20H,7-11H2,1-2H3. The number of aromatic nitrogens is 1. The Hall–Kier alpha value is -1.69. The van der Waals surface area contributed by atoms with Crippen molar-refractivity contribution in [1.29, 1.82) is 0 Å². The van der Waals surface area contributed by atoms with E-state index in [9.17, 15) is 5.11 Å². The maximum Gasteiger partial charge on any atom is 0.141 e. The molecule has 2 heterocycles. The van der Waals surface area contributed by atoms with E-state index in [1.54, 1.807) is 0 Å². The molecule has 0 saturated carbocycles. The van der Waals surface area contributed by atoms with Gasteiger partial charge in [0.25, 0.3) is 0 Å². The molecule has 2 aromatic rings. The number of aliphatic hydroxyl groups excluding tert-OH is 1. The van der Waals surface area contributed by atoms with Gasteiger partial charge in [0, 0.05) is 25.2 Å². The van der Waals surface area contributed by atoms with Crippen LogP contribution in [0.2, 0.25) is 0 Å². The van der Waals surface area contributed by atoms with Gasteiger partial charge in [-0.2, -0.15) is 0 Å². The van der Waals surface area contributed by atoms with Crippen molar-refractivity contribution in [2.75, 3.05) is 32.8 Å². The summed E-state index contributed by atoms with van der Waals surface area (Å²) in [5.41, 5.74) is 3.92. The number of aliphatic hydroxyl groups is 1. The molecular weight excluding hydrogens is 280 g/mol. The summed E-state index contributed by atoms with van der Waals surface area (Å²) in [5.74, 6) is 0.819. The van der Waals surface area contributed by atoms with Crippen LogP contribution in [0.3, 0.4) is 0 Å². The fourth-order valence-corrected chi connectivity index (χ4v) is 2.90. The average Bonchev–Trinajstić information content (AvgIpc) is 2.87.